The molecule has 1 unspecified atom stereocenters. The van der Waals surface area contributed by atoms with E-state index >= 15 is 0 Å². The Hall–Kier alpha value is -3.39. The van der Waals surface area contributed by atoms with Crippen LogP contribution in [-0.4, -0.2) is 52.3 Å². The number of aromatic nitrogens is 4. The first-order valence-corrected chi connectivity index (χ1v) is 9.77. The lowest BCUT2D eigenvalue weighted by Crippen LogP contribution is -2.55. The van der Waals surface area contributed by atoms with E-state index in [-0.39, 0.29) is 6.04 Å². The van der Waals surface area contributed by atoms with Crippen molar-refractivity contribution in [1.29, 1.82) is 0 Å². The molecule has 1 fully saturated rings. The van der Waals surface area contributed by atoms with E-state index in [0.717, 1.165) is 52.6 Å². The third-order valence-electron chi connectivity index (χ3n) is 5.69. The molecular weight excluding hydrogens is 368 g/mol. The summed E-state index contributed by atoms with van der Waals surface area (Å²) < 4.78 is 11.2. The molecule has 2 aliphatic heterocycles. The molecule has 146 valence electrons. The van der Waals surface area contributed by atoms with Gasteiger partial charge in [-0.3, -0.25) is 0 Å². The van der Waals surface area contributed by atoms with Gasteiger partial charge in [-0.1, -0.05) is 12.1 Å². The molecule has 1 saturated heterocycles. The number of oxazole rings is 1. The Morgan fingerprint density at radius 2 is 2.21 bits per heavy atom. The van der Waals surface area contributed by atoms with Crippen molar-refractivity contribution in [2.45, 2.75) is 12.6 Å². The number of H-pyrrole nitrogens is 1. The Kier molecular flexibility index (Phi) is 3.76. The van der Waals surface area contributed by atoms with Crippen LogP contribution < -0.4 is 9.80 Å². The molecule has 0 radical (unpaired) electrons. The fourth-order valence-corrected chi connectivity index (χ4v) is 4.31. The van der Waals surface area contributed by atoms with Gasteiger partial charge in [-0.2, -0.15) is 0 Å². The number of anilines is 2. The van der Waals surface area contributed by atoms with Gasteiger partial charge in [0.1, 0.15) is 5.76 Å². The minimum atomic E-state index is 0.255. The van der Waals surface area contributed by atoms with Crippen LogP contribution in [-0.2, 0) is 11.3 Å². The highest BCUT2D eigenvalue weighted by molar-refractivity contribution is 5.93. The minimum absolute atomic E-state index is 0.255. The number of aromatic amines is 1. The maximum Gasteiger partial charge on any atom is 0.180 e. The number of fused-ring (bicyclic) bond motifs is 4. The van der Waals surface area contributed by atoms with Crippen LogP contribution in [0.3, 0.4) is 0 Å². The Morgan fingerprint density at radius 3 is 3.14 bits per heavy atom. The standard InChI is InChI=1S/C21H20N6O2/c1-2-17(16-4-5-23-18(16)3-1)20-24-9-19-21(25-20)27-6-7-28-12-14(27)10-26(19)11-15-8-22-13-29-15/h1-5,8-9,13-14,23H,6-7,10-12H2. The highest BCUT2D eigenvalue weighted by atomic mass is 16.5. The lowest BCUT2D eigenvalue weighted by Gasteiger charge is -2.45. The average molecular weight is 388 g/mol. The van der Waals surface area contributed by atoms with Gasteiger partial charge in [-0.05, 0) is 12.1 Å². The summed E-state index contributed by atoms with van der Waals surface area (Å²) in [7, 11) is 0. The molecule has 29 heavy (non-hydrogen) atoms. The largest absolute Gasteiger partial charge is 0.447 e. The second-order valence-corrected chi connectivity index (χ2v) is 7.42. The molecule has 8 heteroatoms. The van der Waals surface area contributed by atoms with E-state index in [2.05, 4.69) is 38.0 Å². The number of rotatable bonds is 3. The molecule has 0 spiro atoms. The molecule has 0 saturated carbocycles. The molecule has 0 amide bonds. The molecule has 6 rings (SSSR count). The lowest BCUT2D eigenvalue weighted by atomic mass is 10.1. The van der Waals surface area contributed by atoms with Gasteiger partial charge >= 0.3 is 0 Å². The van der Waals surface area contributed by atoms with Crippen molar-refractivity contribution in [2.24, 2.45) is 0 Å². The van der Waals surface area contributed by atoms with Crippen LogP contribution >= 0.6 is 0 Å². The van der Waals surface area contributed by atoms with Gasteiger partial charge in [0.25, 0.3) is 0 Å². The molecule has 0 bridgehead atoms. The number of hydrogen-bond acceptors (Lipinski definition) is 7. The van der Waals surface area contributed by atoms with E-state index in [9.17, 15) is 0 Å². The maximum atomic E-state index is 5.75. The van der Waals surface area contributed by atoms with Gasteiger partial charge in [0.05, 0.1) is 43.9 Å². The molecule has 1 N–H and O–H groups in total. The van der Waals surface area contributed by atoms with Crippen LogP contribution in [0.25, 0.3) is 22.3 Å². The summed E-state index contributed by atoms with van der Waals surface area (Å²) in [6.07, 6.45) is 7.10. The molecule has 4 aromatic rings. The zero-order valence-electron chi connectivity index (χ0n) is 15.8. The van der Waals surface area contributed by atoms with Gasteiger partial charge in [0.15, 0.2) is 18.0 Å². The van der Waals surface area contributed by atoms with Crippen molar-refractivity contribution in [1.82, 2.24) is 19.9 Å². The quantitative estimate of drug-likeness (QED) is 0.578. The summed E-state index contributed by atoms with van der Waals surface area (Å²) in [5.74, 6) is 2.52. The first-order valence-electron chi connectivity index (χ1n) is 9.77. The molecule has 5 heterocycles. The first-order chi connectivity index (χ1) is 14.4. The van der Waals surface area contributed by atoms with Crippen molar-refractivity contribution in [3.8, 4) is 11.4 Å². The summed E-state index contributed by atoms with van der Waals surface area (Å²) in [5.41, 5.74) is 3.13. The molecule has 8 nitrogen and oxygen atoms in total. The van der Waals surface area contributed by atoms with E-state index in [4.69, 9.17) is 19.1 Å². The minimum Gasteiger partial charge on any atom is -0.447 e. The van der Waals surface area contributed by atoms with Crippen LogP contribution in [0, 0.1) is 0 Å². The van der Waals surface area contributed by atoms with Crippen LogP contribution in [0.5, 0.6) is 0 Å². The second-order valence-electron chi connectivity index (χ2n) is 7.42. The van der Waals surface area contributed by atoms with E-state index in [1.165, 1.54) is 6.39 Å². The molecule has 3 aromatic heterocycles. The summed E-state index contributed by atoms with van der Waals surface area (Å²) >= 11 is 0. The van der Waals surface area contributed by atoms with E-state index in [0.29, 0.717) is 19.8 Å². The molecule has 1 atom stereocenters. The van der Waals surface area contributed by atoms with Gasteiger partial charge < -0.3 is 23.9 Å². The van der Waals surface area contributed by atoms with Crippen molar-refractivity contribution in [3.63, 3.8) is 0 Å². The highest BCUT2D eigenvalue weighted by Crippen LogP contribution is 2.37. The molecular formula is C21H20N6O2. The van der Waals surface area contributed by atoms with Gasteiger partial charge in [-0.25, -0.2) is 15.0 Å². The van der Waals surface area contributed by atoms with Gasteiger partial charge in [0.2, 0.25) is 0 Å². The summed E-state index contributed by atoms with van der Waals surface area (Å²) in [4.78, 5) is 21.7. The van der Waals surface area contributed by atoms with Crippen molar-refractivity contribution in [3.05, 3.63) is 55.0 Å². The number of ether oxygens (including phenoxy) is 1. The third-order valence-corrected chi connectivity index (χ3v) is 5.69. The van der Waals surface area contributed by atoms with E-state index in [1.54, 1.807) is 6.20 Å². The smallest absolute Gasteiger partial charge is 0.180 e. The number of nitrogens with one attached hydrogen (secondary N) is 1. The number of benzene rings is 1. The number of hydrogen-bond donors (Lipinski definition) is 1. The Bertz CT molecular complexity index is 1160. The Balaban J connectivity index is 1.46. The fourth-order valence-electron chi connectivity index (χ4n) is 4.31. The van der Waals surface area contributed by atoms with Crippen molar-refractivity contribution < 1.29 is 9.15 Å². The first kappa shape index (κ1) is 16.6. The van der Waals surface area contributed by atoms with Crippen LogP contribution in [0.2, 0.25) is 0 Å². The van der Waals surface area contributed by atoms with Crippen molar-refractivity contribution in [2.75, 3.05) is 36.1 Å². The normalized spacial score (nSPS) is 18.7. The van der Waals surface area contributed by atoms with Crippen LogP contribution in [0.15, 0.2) is 53.7 Å². The highest BCUT2D eigenvalue weighted by Gasteiger charge is 2.35. The number of morpholine rings is 1. The SMILES string of the molecule is c1cc(-c2ncc3c(n2)N2CCOCC2CN3Cc2cnco2)c2cc[nH]c2c1. The summed E-state index contributed by atoms with van der Waals surface area (Å²) in [5, 5.41) is 1.13. The average Bonchev–Trinajstić information content (AvgIpc) is 3.45. The Labute approximate surface area is 167 Å². The fraction of sp³-hybridized carbons (Fsp3) is 0.286. The lowest BCUT2D eigenvalue weighted by molar-refractivity contribution is 0.0935. The van der Waals surface area contributed by atoms with E-state index in [1.807, 2.05) is 18.5 Å². The zero-order chi connectivity index (χ0) is 19.2. The van der Waals surface area contributed by atoms with Gasteiger partial charge in [0, 0.05) is 35.8 Å². The monoisotopic (exact) mass is 388 g/mol. The molecule has 2 aliphatic rings. The van der Waals surface area contributed by atoms with E-state index < -0.39 is 0 Å². The summed E-state index contributed by atoms with van der Waals surface area (Å²) in [6, 6.07) is 8.49. The molecule has 1 aromatic carbocycles. The third kappa shape index (κ3) is 2.75. The second kappa shape index (κ2) is 6.59. The Morgan fingerprint density at radius 1 is 1.21 bits per heavy atom. The topological polar surface area (TPSA) is 83.3 Å². The predicted octanol–water partition coefficient (Wildman–Crippen LogP) is 2.84. The predicted molar refractivity (Wildman–Crippen MR) is 109 cm³/mol. The van der Waals surface area contributed by atoms with Crippen LogP contribution in [0.4, 0.5) is 11.5 Å². The number of nitrogens with zero attached hydrogens (tertiary/aromatic N) is 5. The van der Waals surface area contributed by atoms with Crippen LogP contribution in [0.1, 0.15) is 5.76 Å². The van der Waals surface area contributed by atoms with Gasteiger partial charge in [-0.15, -0.1) is 0 Å². The zero-order valence-corrected chi connectivity index (χ0v) is 15.8. The summed E-state index contributed by atoms with van der Waals surface area (Å²) in [6.45, 7) is 3.71. The molecule has 0 aliphatic carbocycles. The maximum absolute atomic E-state index is 5.75. The van der Waals surface area contributed by atoms with Crippen molar-refractivity contribution >= 4 is 22.4 Å².